The van der Waals surface area contributed by atoms with Crippen molar-refractivity contribution in [3.05, 3.63) is 22.2 Å². The molecular formula is C14H20BrNO2. The molecule has 1 aromatic rings. The maximum Gasteiger partial charge on any atom is 0.162 e. The van der Waals surface area contributed by atoms with Crippen LogP contribution in [-0.4, -0.2) is 30.2 Å². The van der Waals surface area contributed by atoms with Crippen molar-refractivity contribution in [2.45, 2.75) is 26.3 Å². The number of rotatable bonds is 3. The quantitative estimate of drug-likeness (QED) is 0.928. The Bertz CT molecular complexity index is 423. The Balaban J connectivity index is 2.15. The van der Waals surface area contributed by atoms with Gasteiger partial charge in [-0.1, -0.05) is 22.9 Å². The molecule has 100 valence electrons. The molecule has 1 aliphatic heterocycles. The largest absolute Gasteiger partial charge is 0.504 e. The van der Waals surface area contributed by atoms with Crippen molar-refractivity contribution >= 4 is 15.9 Å². The number of halogens is 1. The van der Waals surface area contributed by atoms with E-state index in [1.54, 1.807) is 13.2 Å². The molecule has 0 amide bonds. The summed E-state index contributed by atoms with van der Waals surface area (Å²) in [5.41, 5.74) is 0.926. The Morgan fingerprint density at radius 3 is 2.94 bits per heavy atom. The number of likely N-dealkylation sites (tertiary alicyclic amines) is 1. The van der Waals surface area contributed by atoms with E-state index in [2.05, 4.69) is 27.8 Å². The molecule has 1 saturated heterocycles. The van der Waals surface area contributed by atoms with E-state index in [1.165, 1.54) is 12.8 Å². The third-order valence-corrected chi connectivity index (χ3v) is 3.93. The monoisotopic (exact) mass is 313 g/mol. The molecule has 1 atom stereocenters. The van der Waals surface area contributed by atoms with Gasteiger partial charge in [0.15, 0.2) is 11.5 Å². The zero-order chi connectivity index (χ0) is 13.1. The number of benzene rings is 1. The van der Waals surface area contributed by atoms with Crippen molar-refractivity contribution in [2.24, 2.45) is 5.92 Å². The van der Waals surface area contributed by atoms with Crippen molar-refractivity contribution in [1.29, 1.82) is 0 Å². The zero-order valence-electron chi connectivity index (χ0n) is 10.9. The fourth-order valence-electron chi connectivity index (χ4n) is 2.58. The second kappa shape index (κ2) is 5.93. The molecule has 0 aromatic heterocycles. The van der Waals surface area contributed by atoms with Crippen LogP contribution >= 0.6 is 15.9 Å². The summed E-state index contributed by atoms with van der Waals surface area (Å²) in [7, 11) is 1.58. The van der Waals surface area contributed by atoms with Crippen LogP contribution in [0.1, 0.15) is 25.3 Å². The Morgan fingerprint density at radius 2 is 2.28 bits per heavy atom. The van der Waals surface area contributed by atoms with Crippen LogP contribution < -0.4 is 4.74 Å². The Morgan fingerprint density at radius 1 is 1.50 bits per heavy atom. The second-order valence-corrected chi connectivity index (χ2v) is 6.01. The summed E-state index contributed by atoms with van der Waals surface area (Å²) in [6, 6.07) is 3.76. The Kier molecular flexibility index (Phi) is 4.51. The first kappa shape index (κ1) is 13.7. The Labute approximate surface area is 117 Å². The molecule has 1 aromatic carbocycles. The van der Waals surface area contributed by atoms with E-state index in [9.17, 15) is 5.11 Å². The molecular weight excluding hydrogens is 294 g/mol. The van der Waals surface area contributed by atoms with Gasteiger partial charge in [0.1, 0.15) is 0 Å². The van der Waals surface area contributed by atoms with Gasteiger partial charge in [0.05, 0.1) is 7.11 Å². The second-order valence-electron chi connectivity index (χ2n) is 5.10. The van der Waals surface area contributed by atoms with E-state index < -0.39 is 0 Å². The normalized spacial score (nSPS) is 20.9. The van der Waals surface area contributed by atoms with Gasteiger partial charge in [0, 0.05) is 23.1 Å². The average Bonchev–Trinajstić information content (AvgIpc) is 2.33. The van der Waals surface area contributed by atoms with Gasteiger partial charge in [0.2, 0.25) is 0 Å². The minimum Gasteiger partial charge on any atom is -0.504 e. The molecule has 0 radical (unpaired) electrons. The van der Waals surface area contributed by atoms with Gasteiger partial charge in [-0.25, -0.2) is 0 Å². The highest BCUT2D eigenvalue weighted by atomic mass is 79.9. The molecule has 0 unspecified atom stereocenters. The van der Waals surface area contributed by atoms with E-state index >= 15 is 0 Å². The number of nitrogens with zero attached hydrogens (tertiary/aromatic N) is 1. The molecule has 1 aliphatic rings. The molecule has 1 fully saturated rings. The number of phenolic OH excluding ortho intramolecular Hbond substituents is 1. The number of piperidine rings is 1. The lowest BCUT2D eigenvalue weighted by atomic mass is 9.99. The van der Waals surface area contributed by atoms with Gasteiger partial charge in [-0.2, -0.15) is 0 Å². The van der Waals surface area contributed by atoms with Crippen LogP contribution in [0.25, 0.3) is 0 Å². The van der Waals surface area contributed by atoms with E-state index in [0.717, 1.165) is 35.6 Å². The number of aromatic hydroxyl groups is 1. The van der Waals surface area contributed by atoms with E-state index in [0.29, 0.717) is 5.75 Å². The van der Waals surface area contributed by atoms with Crippen molar-refractivity contribution in [3.63, 3.8) is 0 Å². The van der Waals surface area contributed by atoms with Gasteiger partial charge >= 0.3 is 0 Å². The Hall–Kier alpha value is -0.740. The van der Waals surface area contributed by atoms with Crippen LogP contribution in [0, 0.1) is 5.92 Å². The highest BCUT2D eigenvalue weighted by Crippen LogP contribution is 2.34. The van der Waals surface area contributed by atoms with Crippen LogP contribution in [0.3, 0.4) is 0 Å². The van der Waals surface area contributed by atoms with Gasteiger partial charge in [-0.3, -0.25) is 4.90 Å². The fourth-order valence-corrected chi connectivity index (χ4v) is 3.06. The molecule has 3 nitrogen and oxygen atoms in total. The molecule has 4 heteroatoms. The molecule has 2 rings (SSSR count). The lowest BCUT2D eigenvalue weighted by molar-refractivity contribution is 0.174. The SMILES string of the molecule is COc1cc(Br)cc(CN2CCC[C@H](C)C2)c1O. The fraction of sp³-hybridized carbons (Fsp3) is 0.571. The number of hydrogen-bond acceptors (Lipinski definition) is 3. The van der Waals surface area contributed by atoms with Gasteiger partial charge in [0.25, 0.3) is 0 Å². The zero-order valence-corrected chi connectivity index (χ0v) is 12.5. The summed E-state index contributed by atoms with van der Waals surface area (Å²) in [5, 5.41) is 10.1. The summed E-state index contributed by atoms with van der Waals surface area (Å²) >= 11 is 3.46. The van der Waals surface area contributed by atoms with Crippen molar-refractivity contribution in [1.82, 2.24) is 4.90 Å². The minimum atomic E-state index is 0.263. The van der Waals surface area contributed by atoms with Crippen LogP contribution in [0.2, 0.25) is 0 Å². The minimum absolute atomic E-state index is 0.263. The lowest BCUT2D eigenvalue weighted by Crippen LogP contribution is -2.33. The smallest absolute Gasteiger partial charge is 0.162 e. The number of methoxy groups -OCH3 is 1. The summed E-state index contributed by atoms with van der Waals surface area (Å²) in [5.74, 6) is 1.54. The number of phenols is 1. The first-order chi connectivity index (χ1) is 8.60. The van der Waals surface area contributed by atoms with E-state index in [4.69, 9.17) is 4.74 Å². The summed E-state index contributed by atoms with van der Waals surface area (Å²) in [4.78, 5) is 2.40. The average molecular weight is 314 g/mol. The van der Waals surface area contributed by atoms with Crippen LogP contribution in [0.15, 0.2) is 16.6 Å². The molecule has 1 heterocycles. The first-order valence-corrected chi connectivity index (χ1v) is 7.17. The lowest BCUT2D eigenvalue weighted by Gasteiger charge is -2.31. The van der Waals surface area contributed by atoms with Crippen LogP contribution in [0.5, 0.6) is 11.5 Å². The van der Waals surface area contributed by atoms with E-state index in [-0.39, 0.29) is 5.75 Å². The summed E-state index contributed by atoms with van der Waals surface area (Å²) in [6.07, 6.45) is 2.55. The molecule has 0 spiro atoms. The van der Waals surface area contributed by atoms with Gasteiger partial charge in [-0.15, -0.1) is 0 Å². The van der Waals surface area contributed by atoms with Gasteiger partial charge < -0.3 is 9.84 Å². The summed E-state index contributed by atoms with van der Waals surface area (Å²) < 4.78 is 6.12. The molecule has 0 aliphatic carbocycles. The predicted octanol–water partition coefficient (Wildman–Crippen LogP) is 3.40. The topological polar surface area (TPSA) is 32.7 Å². The highest BCUT2D eigenvalue weighted by Gasteiger charge is 2.19. The third kappa shape index (κ3) is 3.18. The maximum absolute atomic E-state index is 10.1. The number of ether oxygens (including phenoxy) is 1. The van der Waals surface area contributed by atoms with Crippen molar-refractivity contribution in [2.75, 3.05) is 20.2 Å². The maximum atomic E-state index is 10.1. The van der Waals surface area contributed by atoms with Crippen molar-refractivity contribution in [3.8, 4) is 11.5 Å². The van der Waals surface area contributed by atoms with E-state index in [1.807, 2.05) is 6.07 Å². The molecule has 18 heavy (non-hydrogen) atoms. The van der Waals surface area contributed by atoms with Crippen LogP contribution in [-0.2, 0) is 6.54 Å². The first-order valence-electron chi connectivity index (χ1n) is 6.38. The highest BCUT2D eigenvalue weighted by molar-refractivity contribution is 9.10. The summed E-state index contributed by atoms with van der Waals surface area (Å²) in [6.45, 7) is 5.28. The third-order valence-electron chi connectivity index (χ3n) is 3.47. The molecule has 1 N–H and O–H groups in total. The van der Waals surface area contributed by atoms with Crippen LogP contribution in [0.4, 0.5) is 0 Å². The molecule has 0 saturated carbocycles. The van der Waals surface area contributed by atoms with Gasteiger partial charge in [-0.05, 0) is 37.4 Å². The standard InChI is InChI=1S/C14H20BrNO2/c1-10-4-3-5-16(8-10)9-11-6-12(15)7-13(18-2)14(11)17/h6-7,10,17H,3-5,8-9H2,1-2H3/t10-/m0/s1. The predicted molar refractivity (Wildman–Crippen MR) is 76.0 cm³/mol. The number of hydrogen-bond donors (Lipinski definition) is 1. The van der Waals surface area contributed by atoms with Crippen molar-refractivity contribution < 1.29 is 9.84 Å². The molecule has 0 bridgehead atoms.